The van der Waals surface area contributed by atoms with Crippen molar-refractivity contribution in [2.45, 2.75) is 82.6 Å². The molecule has 0 saturated carbocycles. The van der Waals surface area contributed by atoms with Gasteiger partial charge in [-0.2, -0.15) is 0 Å². The molecule has 2 atom stereocenters. The van der Waals surface area contributed by atoms with Gasteiger partial charge in [-0.3, -0.25) is 4.90 Å². The molecule has 1 fully saturated rings. The van der Waals surface area contributed by atoms with Crippen molar-refractivity contribution in [1.29, 1.82) is 0 Å². The molecule has 1 aliphatic carbocycles. The quantitative estimate of drug-likeness (QED) is 0.311. The summed E-state index contributed by atoms with van der Waals surface area (Å²) in [7, 11) is -1.73. The minimum Gasteiger partial charge on any atom is -0.448 e. The Hall–Kier alpha value is -2.37. The smallest absolute Gasteiger partial charge is 0.410 e. The zero-order valence-corrected chi connectivity index (χ0v) is 22.8. The van der Waals surface area contributed by atoms with E-state index in [1.165, 1.54) is 27.8 Å². The molecule has 2 heterocycles. The third-order valence-electron chi connectivity index (χ3n) is 8.71. The lowest BCUT2D eigenvalue weighted by atomic mass is 9.98. The number of amides is 1. The highest BCUT2D eigenvalue weighted by atomic mass is 28.4. The standard InChI is InChI=1S/C30H39NO3Si/c1-30(2,3)35(4,5)34-17-16-21-18-22-14-15-23(19-21)31(22)29(32)33-20-28-26-12-8-6-10-24(26)25-11-7-9-13-27(25)28/h6-13,18,22-23,28H,14-17,19-20H2,1-5H3. The number of nitrogens with zero attached hydrogens (tertiary/aromatic N) is 1. The van der Waals surface area contributed by atoms with Gasteiger partial charge in [-0.15, -0.1) is 0 Å². The maximum atomic E-state index is 13.3. The third kappa shape index (κ3) is 4.61. The zero-order valence-electron chi connectivity index (χ0n) is 21.8. The highest BCUT2D eigenvalue weighted by molar-refractivity contribution is 6.74. The van der Waals surface area contributed by atoms with Gasteiger partial charge < -0.3 is 9.16 Å². The Morgan fingerprint density at radius 3 is 2.23 bits per heavy atom. The lowest BCUT2D eigenvalue weighted by molar-refractivity contribution is 0.0847. The summed E-state index contributed by atoms with van der Waals surface area (Å²) in [5.41, 5.74) is 6.47. The maximum Gasteiger partial charge on any atom is 0.410 e. The fourth-order valence-corrected chi connectivity index (χ4v) is 6.76. The summed E-state index contributed by atoms with van der Waals surface area (Å²) in [5.74, 6) is 0.104. The summed E-state index contributed by atoms with van der Waals surface area (Å²) in [6.07, 6.45) is 6.16. The molecule has 186 valence electrons. The van der Waals surface area contributed by atoms with Crippen molar-refractivity contribution in [1.82, 2.24) is 4.90 Å². The molecule has 3 aliphatic rings. The van der Waals surface area contributed by atoms with Crippen LogP contribution in [0.2, 0.25) is 18.1 Å². The molecule has 5 rings (SSSR count). The molecule has 2 aromatic carbocycles. The minimum atomic E-state index is -1.73. The Balaban J connectivity index is 1.21. The van der Waals surface area contributed by atoms with Crippen LogP contribution >= 0.6 is 0 Å². The van der Waals surface area contributed by atoms with Crippen LogP contribution in [-0.2, 0) is 9.16 Å². The molecule has 4 nitrogen and oxygen atoms in total. The van der Waals surface area contributed by atoms with Gasteiger partial charge in [-0.05, 0) is 66.1 Å². The molecule has 0 aromatic heterocycles. The average Bonchev–Trinajstić information content (AvgIpc) is 3.28. The predicted octanol–water partition coefficient (Wildman–Crippen LogP) is 7.51. The van der Waals surface area contributed by atoms with E-state index in [-0.39, 0.29) is 29.1 Å². The lowest BCUT2D eigenvalue weighted by Gasteiger charge is -2.37. The summed E-state index contributed by atoms with van der Waals surface area (Å²) in [6, 6.07) is 17.4. The van der Waals surface area contributed by atoms with Crippen LogP contribution in [0.3, 0.4) is 0 Å². The van der Waals surface area contributed by atoms with Gasteiger partial charge in [0, 0.05) is 18.6 Å². The summed E-state index contributed by atoms with van der Waals surface area (Å²) < 4.78 is 12.4. The first kappa shape index (κ1) is 24.3. The van der Waals surface area contributed by atoms with E-state index >= 15 is 0 Å². The lowest BCUT2D eigenvalue weighted by Crippen LogP contribution is -2.44. The molecule has 2 bridgehead atoms. The van der Waals surface area contributed by atoms with Crippen molar-refractivity contribution in [3.63, 3.8) is 0 Å². The van der Waals surface area contributed by atoms with Crippen molar-refractivity contribution in [3.05, 3.63) is 71.3 Å². The number of carbonyl (C=O) groups is 1. The van der Waals surface area contributed by atoms with Gasteiger partial charge >= 0.3 is 6.09 Å². The number of benzene rings is 2. The molecule has 1 amide bonds. The van der Waals surface area contributed by atoms with Gasteiger partial charge in [0.1, 0.15) is 6.61 Å². The number of carbonyl (C=O) groups excluding carboxylic acids is 1. The molecule has 2 unspecified atom stereocenters. The van der Waals surface area contributed by atoms with Crippen molar-refractivity contribution in [2.75, 3.05) is 13.2 Å². The topological polar surface area (TPSA) is 38.8 Å². The highest BCUT2D eigenvalue weighted by Crippen LogP contribution is 2.45. The van der Waals surface area contributed by atoms with Crippen LogP contribution in [-0.4, -0.2) is 44.6 Å². The Labute approximate surface area is 211 Å². The van der Waals surface area contributed by atoms with E-state index in [0.717, 1.165) is 32.3 Å². The molecule has 2 aromatic rings. The van der Waals surface area contributed by atoms with Crippen LogP contribution in [0.25, 0.3) is 11.1 Å². The number of fused-ring (bicyclic) bond motifs is 5. The predicted molar refractivity (Wildman–Crippen MR) is 144 cm³/mol. The highest BCUT2D eigenvalue weighted by Gasteiger charge is 2.41. The van der Waals surface area contributed by atoms with E-state index in [1.807, 2.05) is 4.90 Å². The second-order valence-electron chi connectivity index (χ2n) is 11.9. The first-order valence-electron chi connectivity index (χ1n) is 13.1. The SMILES string of the molecule is CC(C)(C)[Si](C)(C)OCCC1=CC2CCC(C1)N2C(=O)OCC1c2ccccc2-c2ccccc21. The van der Waals surface area contributed by atoms with Gasteiger partial charge in [-0.1, -0.05) is 81.0 Å². The van der Waals surface area contributed by atoms with E-state index in [2.05, 4.69) is 88.5 Å². The van der Waals surface area contributed by atoms with E-state index in [1.54, 1.807) is 0 Å². The molecule has 35 heavy (non-hydrogen) atoms. The van der Waals surface area contributed by atoms with Crippen molar-refractivity contribution in [2.24, 2.45) is 0 Å². The molecule has 1 saturated heterocycles. The van der Waals surface area contributed by atoms with E-state index in [4.69, 9.17) is 9.16 Å². The first-order valence-corrected chi connectivity index (χ1v) is 16.0. The van der Waals surface area contributed by atoms with Gasteiger partial charge in [0.25, 0.3) is 0 Å². The van der Waals surface area contributed by atoms with Crippen LogP contribution in [0.4, 0.5) is 4.79 Å². The molecule has 2 aliphatic heterocycles. The minimum absolute atomic E-state index is 0.104. The molecule has 0 radical (unpaired) electrons. The van der Waals surface area contributed by atoms with E-state index in [9.17, 15) is 4.79 Å². The van der Waals surface area contributed by atoms with Crippen molar-refractivity contribution in [3.8, 4) is 11.1 Å². The molecule has 5 heteroatoms. The fraction of sp³-hybridized carbons (Fsp3) is 0.500. The first-order chi connectivity index (χ1) is 16.7. The summed E-state index contributed by atoms with van der Waals surface area (Å²) >= 11 is 0. The van der Waals surface area contributed by atoms with Crippen LogP contribution in [0.1, 0.15) is 63.5 Å². The summed E-state index contributed by atoms with van der Waals surface area (Å²) in [5, 5.41) is 0.230. The van der Waals surface area contributed by atoms with Crippen molar-refractivity contribution < 1.29 is 14.0 Å². The van der Waals surface area contributed by atoms with E-state index < -0.39 is 8.32 Å². The second-order valence-corrected chi connectivity index (χ2v) is 16.7. The molecular formula is C30H39NO3Si. The maximum absolute atomic E-state index is 13.3. The number of hydrogen-bond donors (Lipinski definition) is 0. The van der Waals surface area contributed by atoms with Crippen LogP contribution in [0.5, 0.6) is 0 Å². The molecular weight excluding hydrogens is 450 g/mol. The zero-order chi connectivity index (χ0) is 24.8. The van der Waals surface area contributed by atoms with E-state index in [0.29, 0.717) is 6.61 Å². The fourth-order valence-electron chi connectivity index (χ4n) is 5.71. The Morgan fingerprint density at radius 1 is 1.00 bits per heavy atom. The summed E-state index contributed by atoms with van der Waals surface area (Å²) in [6.45, 7) is 12.6. The van der Waals surface area contributed by atoms with Crippen LogP contribution in [0.15, 0.2) is 60.2 Å². The second kappa shape index (κ2) is 9.25. The van der Waals surface area contributed by atoms with Crippen molar-refractivity contribution >= 4 is 14.4 Å². The number of hydrogen-bond acceptors (Lipinski definition) is 3. The van der Waals surface area contributed by atoms with Gasteiger partial charge in [0.15, 0.2) is 8.32 Å². The average molecular weight is 490 g/mol. The van der Waals surface area contributed by atoms with Gasteiger partial charge in [0.05, 0.1) is 6.04 Å². The van der Waals surface area contributed by atoms with Crippen LogP contribution < -0.4 is 0 Å². The molecule has 0 spiro atoms. The third-order valence-corrected chi connectivity index (χ3v) is 13.2. The Morgan fingerprint density at radius 2 is 1.63 bits per heavy atom. The number of ether oxygens (including phenoxy) is 1. The monoisotopic (exact) mass is 489 g/mol. The Kier molecular flexibility index (Phi) is 6.43. The van der Waals surface area contributed by atoms with Crippen LogP contribution in [0, 0.1) is 0 Å². The Bertz CT molecular complexity index is 1090. The van der Waals surface area contributed by atoms with Gasteiger partial charge in [-0.25, -0.2) is 4.79 Å². The largest absolute Gasteiger partial charge is 0.448 e. The number of rotatable bonds is 6. The van der Waals surface area contributed by atoms with Gasteiger partial charge in [0.2, 0.25) is 0 Å². The normalized spacial score (nSPS) is 21.5. The summed E-state index contributed by atoms with van der Waals surface area (Å²) in [4.78, 5) is 15.3. The molecule has 0 N–H and O–H groups in total.